The standard InChI is InChI=1S/C11H16N2O3/c14-8-6-13(7-9-15)11(16)12-10-4-2-1-3-5-10/h1-5,14-15H,6-9H2,(H,12,16). The first-order chi connectivity index (χ1) is 7.77. The summed E-state index contributed by atoms with van der Waals surface area (Å²) in [6.07, 6.45) is 0. The molecule has 0 aliphatic carbocycles. The van der Waals surface area contributed by atoms with Crippen LogP contribution in [0.5, 0.6) is 0 Å². The van der Waals surface area contributed by atoms with Crippen molar-refractivity contribution in [3.63, 3.8) is 0 Å². The van der Waals surface area contributed by atoms with Crippen LogP contribution >= 0.6 is 0 Å². The first-order valence-electron chi connectivity index (χ1n) is 5.10. The van der Waals surface area contributed by atoms with Crippen LogP contribution in [-0.2, 0) is 0 Å². The third-order valence-electron chi connectivity index (χ3n) is 2.05. The molecule has 0 unspecified atom stereocenters. The largest absolute Gasteiger partial charge is 0.395 e. The number of aliphatic hydroxyl groups excluding tert-OH is 2. The lowest BCUT2D eigenvalue weighted by atomic mass is 10.3. The molecule has 5 heteroatoms. The van der Waals surface area contributed by atoms with E-state index in [4.69, 9.17) is 10.2 Å². The third kappa shape index (κ3) is 3.88. The lowest BCUT2D eigenvalue weighted by Crippen LogP contribution is -2.38. The average Bonchev–Trinajstić information content (AvgIpc) is 2.30. The molecule has 3 N–H and O–H groups in total. The number of hydrogen-bond acceptors (Lipinski definition) is 3. The van der Waals surface area contributed by atoms with E-state index in [-0.39, 0.29) is 32.3 Å². The third-order valence-corrected chi connectivity index (χ3v) is 2.05. The summed E-state index contributed by atoms with van der Waals surface area (Å²) in [5.41, 5.74) is 0.688. The minimum atomic E-state index is -0.325. The monoisotopic (exact) mass is 224 g/mol. The summed E-state index contributed by atoms with van der Waals surface area (Å²) in [5.74, 6) is 0. The summed E-state index contributed by atoms with van der Waals surface area (Å²) >= 11 is 0. The summed E-state index contributed by atoms with van der Waals surface area (Å²) in [4.78, 5) is 13.0. The summed E-state index contributed by atoms with van der Waals surface area (Å²) in [7, 11) is 0. The number of benzene rings is 1. The van der Waals surface area contributed by atoms with E-state index < -0.39 is 0 Å². The fourth-order valence-corrected chi connectivity index (χ4v) is 1.28. The van der Waals surface area contributed by atoms with Gasteiger partial charge in [0.25, 0.3) is 0 Å². The molecule has 0 heterocycles. The second kappa shape index (κ2) is 6.81. The predicted octanol–water partition coefficient (Wildman–Crippen LogP) is 0.505. The number of amides is 2. The van der Waals surface area contributed by atoms with Crippen LogP contribution in [0.1, 0.15) is 0 Å². The number of anilines is 1. The molecule has 0 fully saturated rings. The Bertz CT molecular complexity index is 310. The van der Waals surface area contributed by atoms with Crippen LogP contribution in [0.2, 0.25) is 0 Å². The Hall–Kier alpha value is -1.59. The van der Waals surface area contributed by atoms with Gasteiger partial charge in [-0.2, -0.15) is 0 Å². The summed E-state index contributed by atoms with van der Waals surface area (Å²) < 4.78 is 0. The molecule has 0 radical (unpaired) electrons. The molecule has 0 aliphatic rings. The number of hydrogen-bond donors (Lipinski definition) is 3. The van der Waals surface area contributed by atoms with Gasteiger partial charge in [0.05, 0.1) is 13.2 Å². The van der Waals surface area contributed by atoms with E-state index in [1.807, 2.05) is 18.2 Å². The van der Waals surface area contributed by atoms with Crippen molar-refractivity contribution in [1.29, 1.82) is 0 Å². The lowest BCUT2D eigenvalue weighted by Gasteiger charge is -2.21. The number of urea groups is 1. The highest BCUT2D eigenvalue weighted by Gasteiger charge is 2.11. The first kappa shape index (κ1) is 12.5. The van der Waals surface area contributed by atoms with Crippen molar-refractivity contribution in [3.8, 4) is 0 Å². The van der Waals surface area contributed by atoms with E-state index in [1.165, 1.54) is 4.90 Å². The Morgan fingerprint density at radius 3 is 2.19 bits per heavy atom. The van der Waals surface area contributed by atoms with Gasteiger partial charge >= 0.3 is 6.03 Å². The topological polar surface area (TPSA) is 72.8 Å². The summed E-state index contributed by atoms with van der Waals surface area (Å²) in [6.45, 7) is 0.170. The first-order valence-corrected chi connectivity index (χ1v) is 5.10. The van der Waals surface area contributed by atoms with E-state index in [1.54, 1.807) is 12.1 Å². The van der Waals surface area contributed by atoms with E-state index >= 15 is 0 Å². The van der Waals surface area contributed by atoms with Gasteiger partial charge in [0.1, 0.15) is 0 Å². The second-order valence-corrected chi connectivity index (χ2v) is 3.23. The number of nitrogens with zero attached hydrogens (tertiary/aromatic N) is 1. The normalized spacial score (nSPS) is 9.88. The molecule has 0 spiro atoms. The number of carbonyl (C=O) groups is 1. The predicted molar refractivity (Wildman–Crippen MR) is 61.2 cm³/mol. The van der Waals surface area contributed by atoms with Crippen LogP contribution < -0.4 is 5.32 Å². The van der Waals surface area contributed by atoms with Crippen molar-refractivity contribution in [1.82, 2.24) is 4.90 Å². The van der Waals surface area contributed by atoms with Crippen molar-refractivity contribution < 1.29 is 15.0 Å². The van der Waals surface area contributed by atoms with Gasteiger partial charge in [-0.3, -0.25) is 0 Å². The van der Waals surface area contributed by atoms with E-state index in [0.717, 1.165) is 0 Å². The second-order valence-electron chi connectivity index (χ2n) is 3.23. The van der Waals surface area contributed by atoms with Gasteiger partial charge in [0.15, 0.2) is 0 Å². The van der Waals surface area contributed by atoms with Crippen molar-refractivity contribution in [2.75, 3.05) is 31.6 Å². The Labute approximate surface area is 94.3 Å². The van der Waals surface area contributed by atoms with Gasteiger partial charge in [-0.15, -0.1) is 0 Å². The molecule has 88 valence electrons. The highest BCUT2D eigenvalue weighted by Crippen LogP contribution is 2.06. The molecule has 0 atom stereocenters. The molecule has 1 aromatic carbocycles. The van der Waals surface area contributed by atoms with Crippen LogP contribution in [0.25, 0.3) is 0 Å². The van der Waals surface area contributed by atoms with Crippen LogP contribution in [-0.4, -0.2) is 47.4 Å². The SMILES string of the molecule is O=C(Nc1ccccc1)N(CCO)CCO. The highest BCUT2D eigenvalue weighted by molar-refractivity contribution is 5.89. The zero-order valence-electron chi connectivity index (χ0n) is 8.97. The van der Waals surface area contributed by atoms with Crippen LogP contribution in [0.15, 0.2) is 30.3 Å². The molecule has 16 heavy (non-hydrogen) atoms. The number of carbonyl (C=O) groups excluding carboxylic acids is 1. The fraction of sp³-hybridized carbons (Fsp3) is 0.364. The van der Waals surface area contributed by atoms with Gasteiger partial charge in [-0.1, -0.05) is 18.2 Å². The van der Waals surface area contributed by atoms with Crippen molar-refractivity contribution >= 4 is 11.7 Å². The molecule has 0 saturated carbocycles. The zero-order chi connectivity index (χ0) is 11.8. The zero-order valence-corrected chi connectivity index (χ0v) is 8.97. The molecule has 0 bridgehead atoms. The van der Waals surface area contributed by atoms with Crippen LogP contribution in [0, 0.1) is 0 Å². The van der Waals surface area contributed by atoms with Gasteiger partial charge in [0, 0.05) is 18.8 Å². The molecule has 2 amide bonds. The van der Waals surface area contributed by atoms with Crippen molar-refractivity contribution in [3.05, 3.63) is 30.3 Å². The fourth-order valence-electron chi connectivity index (χ4n) is 1.28. The maximum atomic E-state index is 11.7. The van der Waals surface area contributed by atoms with E-state index in [0.29, 0.717) is 5.69 Å². The smallest absolute Gasteiger partial charge is 0.321 e. The number of rotatable bonds is 5. The molecular formula is C11H16N2O3. The number of para-hydroxylation sites is 1. The Balaban J connectivity index is 2.55. The Morgan fingerprint density at radius 1 is 1.12 bits per heavy atom. The van der Waals surface area contributed by atoms with E-state index in [2.05, 4.69) is 5.32 Å². The average molecular weight is 224 g/mol. The molecule has 0 aliphatic heterocycles. The van der Waals surface area contributed by atoms with Crippen molar-refractivity contribution in [2.24, 2.45) is 0 Å². The Morgan fingerprint density at radius 2 is 1.69 bits per heavy atom. The van der Waals surface area contributed by atoms with Gasteiger partial charge in [0.2, 0.25) is 0 Å². The van der Waals surface area contributed by atoms with E-state index in [9.17, 15) is 4.79 Å². The van der Waals surface area contributed by atoms with Gasteiger partial charge in [-0.25, -0.2) is 4.79 Å². The minimum Gasteiger partial charge on any atom is -0.395 e. The maximum Gasteiger partial charge on any atom is 0.321 e. The summed E-state index contributed by atoms with van der Waals surface area (Å²) in [5, 5.41) is 20.2. The van der Waals surface area contributed by atoms with Gasteiger partial charge < -0.3 is 20.4 Å². The maximum absolute atomic E-state index is 11.7. The van der Waals surface area contributed by atoms with Gasteiger partial charge in [-0.05, 0) is 12.1 Å². The molecular weight excluding hydrogens is 208 g/mol. The molecule has 5 nitrogen and oxygen atoms in total. The molecule has 1 rings (SSSR count). The van der Waals surface area contributed by atoms with Crippen LogP contribution in [0.4, 0.5) is 10.5 Å². The van der Waals surface area contributed by atoms with Crippen LogP contribution in [0.3, 0.4) is 0 Å². The highest BCUT2D eigenvalue weighted by atomic mass is 16.3. The van der Waals surface area contributed by atoms with Crippen molar-refractivity contribution in [2.45, 2.75) is 0 Å². The molecule has 0 saturated heterocycles. The number of nitrogens with one attached hydrogen (secondary N) is 1. The minimum absolute atomic E-state index is 0.123. The lowest BCUT2D eigenvalue weighted by molar-refractivity contribution is 0.167. The number of aliphatic hydroxyl groups is 2. The molecule has 0 aromatic heterocycles. The Kier molecular flexibility index (Phi) is 5.31. The molecule has 1 aromatic rings. The summed E-state index contributed by atoms with van der Waals surface area (Å²) in [6, 6.07) is 8.71. The quantitative estimate of drug-likeness (QED) is 0.682.